The zero-order valence-corrected chi connectivity index (χ0v) is 11.2. The molecule has 1 heteroatoms. The predicted octanol–water partition coefficient (Wildman–Crippen LogP) is 4.83. The van der Waals surface area contributed by atoms with Crippen molar-refractivity contribution in [3.63, 3.8) is 0 Å². The number of hydrogen-bond donors (Lipinski definition) is 0. The lowest BCUT2D eigenvalue weighted by atomic mass is 9.92. The van der Waals surface area contributed by atoms with Gasteiger partial charge in [0.25, 0.3) is 0 Å². The summed E-state index contributed by atoms with van der Waals surface area (Å²) in [5.41, 5.74) is 5.83. The van der Waals surface area contributed by atoms with Gasteiger partial charge in [-0.05, 0) is 42.4 Å². The van der Waals surface area contributed by atoms with Crippen LogP contribution in [-0.2, 0) is 0 Å². The third-order valence-corrected chi connectivity index (χ3v) is 3.76. The summed E-state index contributed by atoms with van der Waals surface area (Å²) in [4.78, 5) is 0. The number of fused-ring (bicyclic) bond motifs is 1. The van der Waals surface area contributed by atoms with Gasteiger partial charge in [0.2, 0.25) is 0 Å². The molecule has 3 rings (SSSR count). The third kappa shape index (κ3) is 1.86. The highest BCUT2D eigenvalue weighted by atomic mass is 14.3. The zero-order chi connectivity index (χ0) is 13.4. The average molecular weight is 245 g/mol. The molecule has 0 saturated heterocycles. The van der Waals surface area contributed by atoms with Gasteiger partial charge in [0.1, 0.15) is 6.07 Å². The molecular weight excluding hydrogens is 230 g/mol. The molecule has 0 N–H and O–H groups in total. The maximum Gasteiger partial charge on any atom is 0.100 e. The van der Waals surface area contributed by atoms with E-state index in [1.165, 1.54) is 16.7 Å². The third-order valence-electron chi connectivity index (χ3n) is 3.76. The van der Waals surface area contributed by atoms with Gasteiger partial charge in [-0.25, -0.2) is 0 Å². The van der Waals surface area contributed by atoms with E-state index in [1.807, 2.05) is 18.2 Å². The second-order valence-corrected chi connectivity index (χ2v) is 5.15. The van der Waals surface area contributed by atoms with Gasteiger partial charge in [-0.3, -0.25) is 0 Å². The van der Waals surface area contributed by atoms with E-state index < -0.39 is 0 Å². The SMILES string of the molecule is CC1=CC(C)=C(c2ccc3ccccc3c2C#N)C1. The van der Waals surface area contributed by atoms with E-state index in [1.54, 1.807) is 0 Å². The van der Waals surface area contributed by atoms with Gasteiger partial charge in [0, 0.05) is 5.39 Å². The number of benzene rings is 2. The van der Waals surface area contributed by atoms with Crippen LogP contribution in [0.3, 0.4) is 0 Å². The summed E-state index contributed by atoms with van der Waals surface area (Å²) >= 11 is 0. The van der Waals surface area contributed by atoms with Crippen LogP contribution in [0, 0.1) is 11.3 Å². The minimum Gasteiger partial charge on any atom is -0.192 e. The second-order valence-electron chi connectivity index (χ2n) is 5.15. The molecule has 2 aromatic rings. The Balaban J connectivity index is 2.27. The molecule has 0 heterocycles. The molecule has 2 aromatic carbocycles. The molecule has 0 saturated carbocycles. The first-order chi connectivity index (χ1) is 9.20. The fraction of sp³-hybridized carbons (Fsp3) is 0.167. The summed E-state index contributed by atoms with van der Waals surface area (Å²) in [5, 5.41) is 11.7. The molecule has 1 aliphatic rings. The van der Waals surface area contributed by atoms with Crippen LogP contribution in [0.15, 0.2) is 53.6 Å². The molecule has 19 heavy (non-hydrogen) atoms. The monoisotopic (exact) mass is 245 g/mol. The van der Waals surface area contributed by atoms with Crippen LogP contribution >= 0.6 is 0 Å². The normalized spacial score (nSPS) is 14.7. The predicted molar refractivity (Wildman–Crippen MR) is 79.6 cm³/mol. The van der Waals surface area contributed by atoms with E-state index in [9.17, 15) is 5.26 Å². The van der Waals surface area contributed by atoms with Gasteiger partial charge in [-0.15, -0.1) is 0 Å². The van der Waals surface area contributed by atoms with Gasteiger partial charge >= 0.3 is 0 Å². The molecule has 0 amide bonds. The highest BCUT2D eigenvalue weighted by molar-refractivity contribution is 5.94. The van der Waals surface area contributed by atoms with Crippen LogP contribution in [0.25, 0.3) is 16.3 Å². The van der Waals surface area contributed by atoms with Gasteiger partial charge in [0.05, 0.1) is 5.56 Å². The van der Waals surface area contributed by atoms with Crippen LogP contribution in [0.2, 0.25) is 0 Å². The van der Waals surface area contributed by atoms with Gasteiger partial charge in [0.15, 0.2) is 0 Å². The van der Waals surface area contributed by atoms with Crippen LogP contribution < -0.4 is 0 Å². The van der Waals surface area contributed by atoms with Crippen molar-refractivity contribution in [2.24, 2.45) is 0 Å². The Morgan fingerprint density at radius 3 is 2.53 bits per heavy atom. The first kappa shape index (κ1) is 11.7. The largest absolute Gasteiger partial charge is 0.192 e. The maximum absolute atomic E-state index is 9.54. The van der Waals surface area contributed by atoms with Gasteiger partial charge in [-0.1, -0.05) is 48.0 Å². The van der Waals surface area contributed by atoms with Crippen molar-refractivity contribution in [1.82, 2.24) is 0 Å². The minimum atomic E-state index is 0.801. The molecule has 0 bridgehead atoms. The summed E-state index contributed by atoms with van der Waals surface area (Å²) in [5.74, 6) is 0. The Morgan fingerprint density at radius 2 is 1.84 bits per heavy atom. The first-order valence-corrected chi connectivity index (χ1v) is 6.50. The molecule has 0 radical (unpaired) electrons. The summed E-state index contributed by atoms with van der Waals surface area (Å²) in [7, 11) is 0. The second kappa shape index (κ2) is 4.40. The van der Waals surface area contributed by atoms with E-state index in [0.29, 0.717) is 0 Å². The highest BCUT2D eigenvalue weighted by Gasteiger charge is 2.16. The lowest BCUT2D eigenvalue weighted by molar-refractivity contribution is 1.26. The average Bonchev–Trinajstić information content (AvgIpc) is 2.76. The molecule has 92 valence electrons. The summed E-state index contributed by atoms with van der Waals surface area (Å²) in [6, 6.07) is 14.7. The fourth-order valence-corrected chi connectivity index (χ4v) is 2.88. The molecule has 0 aliphatic heterocycles. The van der Waals surface area contributed by atoms with Crippen molar-refractivity contribution in [2.45, 2.75) is 20.3 Å². The molecule has 0 unspecified atom stereocenters. The lowest BCUT2D eigenvalue weighted by Gasteiger charge is -2.10. The highest BCUT2D eigenvalue weighted by Crippen LogP contribution is 2.36. The van der Waals surface area contributed by atoms with E-state index in [0.717, 1.165) is 28.3 Å². The van der Waals surface area contributed by atoms with Gasteiger partial charge < -0.3 is 0 Å². The van der Waals surface area contributed by atoms with Crippen molar-refractivity contribution in [2.75, 3.05) is 0 Å². The molecule has 0 spiro atoms. The van der Waals surface area contributed by atoms with Crippen molar-refractivity contribution >= 4 is 16.3 Å². The maximum atomic E-state index is 9.54. The van der Waals surface area contributed by atoms with Crippen molar-refractivity contribution in [1.29, 1.82) is 5.26 Å². The Hall–Kier alpha value is -2.33. The van der Waals surface area contributed by atoms with Crippen molar-refractivity contribution < 1.29 is 0 Å². The number of nitriles is 1. The molecular formula is C18H15N. The minimum absolute atomic E-state index is 0.801. The fourth-order valence-electron chi connectivity index (χ4n) is 2.88. The molecule has 1 nitrogen and oxygen atoms in total. The summed E-state index contributed by atoms with van der Waals surface area (Å²) in [6.07, 6.45) is 3.17. The van der Waals surface area contributed by atoms with Crippen LogP contribution in [0.5, 0.6) is 0 Å². The Bertz CT molecular complexity index is 770. The number of allylic oxidation sites excluding steroid dienone is 4. The number of nitrogens with zero attached hydrogens (tertiary/aromatic N) is 1. The van der Waals surface area contributed by atoms with E-state index in [4.69, 9.17) is 0 Å². The smallest absolute Gasteiger partial charge is 0.100 e. The van der Waals surface area contributed by atoms with Crippen molar-refractivity contribution in [3.05, 3.63) is 64.7 Å². The lowest BCUT2D eigenvalue weighted by Crippen LogP contribution is -1.92. The van der Waals surface area contributed by atoms with Crippen LogP contribution in [0.4, 0.5) is 0 Å². The Labute approximate surface area is 113 Å². The van der Waals surface area contributed by atoms with E-state index in [-0.39, 0.29) is 0 Å². The Morgan fingerprint density at radius 1 is 1.05 bits per heavy atom. The zero-order valence-electron chi connectivity index (χ0n) is 11.2. The van der Waals surface area contributed by atoms with E-state index in [2.05, 4.69) is 44.2 Å². The topological polar surface area (TPSA) is 23.8 Å². The number of hydrogen-bond acceptors (Lipinski definition) is 1. The first-order valence-electron chi connectivity index (χ1n) is 6.50. The molecule has 1 aliphatic carbocycles. The standard InChI is InChI=1S/C18H15N/c1-12-9-13(2)17(10-12)16-8-7-14-5-3-4-6-15(14)18(16)11-19/h3-9H,10H2,1-2H3. The Kier molecular flexibility index (Phi) is 2.72. The molecule has 0 aromatic heterocycles. The molecule has 0 fully saturated rings. The van der Waals surface area contributed by atoms with E-state index >= 15 is 0 Å². The number of rotatable bonds is 1. The van der Waals surface area contributed by atoms with Crippen LogP contribution in [0.1, 0.15) is 31.4 Å². The summed E-state index contributed by atoms with van der Waals surface area (Å²) < 4.78 is 0. The quantitative estimate of drug-likeness (QED) is 0.705. The molecule has 0 atom stereocenters. The summed E-state index contributed by atoms with van der Waals surface area (Å²) in [6.45, 7) is 4.27. The van der Waals surface area contributed by atoms with Crippen molar-refractivity contribution in [3.8, 4) is 6.07 Å². The van der Waals surface area contributed by atoms with Crippen LogP contribution in [-0.4, -0.2) is 0 Å². The van der Waals surface area contributed by atoms with Gasteiger partial charge in [-0.2, -0.15) is 5.26 Å².